The number of ether oxygens (including phenoxy) is 1. The van der Waals surface area contributed by atoms with Gasteiger partial charge in [0.05, 0.1) is 11.4 Å². The van der Waals surface area contributed by atoms with E-state index in [-0.39, 0.29) is 17.3 Å². The predicted molar refractivity (Wildman–Crippen MR) is 164 cm³/mol. The standard InChI is InChI=1S/C29H40BrFN2O3SSi/c1-11-19-14-22(26(31)25(15-19)36-38(9,10)29(5,6)7)24(18-37-8)33-21-12-13-23(30)20(16-21)17-32-27(34)35-28(2,3)4/h12-16H,11,17H2,1-10H3,(H,32,34)/b33-24-. The summed E-state index contributed by atoms with van der Waals surface area (Å²) in [5.41, 5.74) is 2.53. The Morgan fingerprint density at radius 2 is 1.82 bits per heavy atom. The molecule has 0 spiro atoms. The van der Waals surface area contributed by atoms with Gasteiger partial charge in [-0.1, -0.05) is 43.6 Å². The maximum absolute atomic E-state index is 16.0. The molecule has 5 nitrogen and oxygen atoms in total. The number of alkyl carbamates (subject to hydrolysis) is 1. The van der Waals surface area contributed by atoms with Gasteiger partial charge in [0.25, 0.3) is 8.32 Å². The zero-order chi connectivity index (χ0) is 28.9. The molecule has 0 saturated heterocycles. The van der Waals surface area contributed by atoms with Crippen LogP contribution in [0.1, 0.15) is 65.2 Å². The van der Waals surface area contributed by atoms with Crippen molar-refractivity contribution in [3.8, 4) is 5.75 Å². The summed E-state index contributed by atoms with van der Waals surface area (Å²) >= 11 is 4.87. The van der Waals surface area contributed by atoms with E-state index in [1.807, 2.05) is 58.2 Å². The Morgan fingerprint density at radius 3 is 2.37 bits per heavy atom. The molecule has 2 rings (SSSR count). The Hall–Kier alpha value is -1.84. The highest BCUT2D eigenvalue weighted by Gasteiger charge is 2.40. The molecule has 208 valence electrons. The molecule has 0 aliphatic carbocycles. The maximum Gasteiger partial charge on any atom is 0.407 e. The number of carbonyl (C=O) groups excluding carboxylic acids is 1. The number of carbonyl (C=O) groups is 1. The molecule has 1 amide bonds. The molecule has 2 aromatic rings. The summed E-state index contributed by atoms with van der Waals surface area (Å²) in [6, 6.07) is 9.15. The number of aliphatic imine (C=N–C) groups is 1. The number of halogens is 2. The van der Waals surface area contributed by atoms with Gasteiger partial charge in [0.15, 0.2) is 5.82 Å². The molecule has 0 fully saturated rings. The first-order valence-corrected chi connectivity index (χ1v) is 17.5. The highest BCUT2D eigenvalue weighted by molar-refractivity contribution is 9.10. The molecule has 0 aliphatic heterocycles. The number of hydrogen-bond donors (Lipinski definition) is 1. The second kappa shape index (κ2) is 13.0. The summed E-state index contributed by atoms with van der Waals surface area (Å²) in [6.07, 6.45) is 2.09. The molecular weight excluding hydrogens is 583 g/mol. The fourth-order valence-corrected chi connectivity index (χ4v) is 4.89. The van der Waals surface area contributed by atoms with Crippen LogP contribution in [0.15, 0.2) is 39.8 Å². The summed E-state index contributed by atoms with van der Waals surface area (Å²) in [6.45, 7) is 18.3. The van der Waals surface area contributed by atoms with E-state index in [1.54, 1.807) is 6.07 Å². The molecular formula is C29H40BrFN2O3SSi. The Labute approximate surface area is 241 Å². The summed E-state index contributed by atoms with van der Waals surface area (Å²) in [5, 5.41) is 2.70. The number of rotatable bonds is 9. The van der Waals surface area contributed by atoms with Crippen LogP contribution in [0.25, 0.3) is 0 Å². The quantitative estimate of drug-likeness (QED) is 0.224. The average molecular weight is 624 g/mol. The van der Waals surface area contributed by atoms with E-state index in [2.05, 4.69) is 60.9 Å². The van der Waals surface area contributed by atoms with Crippen molar-refractivity contribution < 1.29 is 18.3 Å². The van der Waals surface area contributed by atoms with Crippen molar-refractivity contribution in [1.82, 2.24) is 5.32 Å². The Bertz CT molecular complexity index is 1170. The van der Waals surface area contributed by atoms with Gasteiger partial charge in [0.2, 0.25) is 0 Å². The van der Waals surface area contributed by atoms with Crippen molar-refractivity contribution in [1.29, 1.82) is 0 Å². The van der Waals surface area contributed by atoms with Gasteiger partial charge < -0.3 is 14.5 Å². The minimum Gasteiger partial charge on any atom is -0.542 e. The number of thioether (sulfide) groups is 1. The van der Waals surface area contributed by atoms with Gasteiger partial charge in [-0.05, 0) is 93.0 Å². The zero-order valence-corrected chi connectivity index (χ0v) is 27.5. The van der Waals surface area contributed by atoms with Crippen LogP contribution in [-0.4, -0.2) is 32.0 Å². The summed E-state index contributed by atoms with van der Waals surface area (Å²) < 4.78 is 28.5. The molecule has 2 radical (unpaired) electrons. The van der Waals surface area contributed by atoms with Crippen LogP contribution in [0, 0.1) is 11.6 Å². The lowest BCUT2D eigenvalue weighted by Gasteiger charge is -2.36. The molecule has 1 N–H and O–H groups in total. The van der Waals surface area contributed by atoms with Crippen LogP contribution < -0.4 is 9.74 Å². The largest absolute Gasteiger partial charge is 0.542 e. The molecule has 0 bridgehead atoms. The van der Waals surface area contributed by atoms with Crippen molar-refractivity contribution in [2.45, 2.75) is 85.2 Å². The van der Waals surface area contributed by atoms with Gasteiger partial charge in [-0.15, -0.1) is 11.8 Å². The smallest absolute Gasteiger partial charge is 0.407 e. The minimum absolute atomic E-state index is 0.0720. The zero-order valence-electron chi connectivity index (χ0n) is 24.1. The van der Waals surface area contributed by atoms with Crippen molar-refractivity contribution in [3.63, 3.8) is 0 Å². The first kappa shape index (κ1) is 32.4. The van der Waals surface area contributed by atoms with E-state index in [9.17, 15) is 4.79 Å². The van der Waals surface area contributed by atoms with E-state index in [1.165, 1.54) is 11.8 Å². The maximum atomic E-state index is 16.0. The van der Waals surface area contributed by atoms with Crippen molar-refractivity contribution in [2.75, 3.05) is 6.26 Å². The van der Waals surface area contributed by atoms with Gasteiger partial charge in [0.1, 0.15) is 17.1 Å². The summed E-state index contributed by atoms with van der Waals surface area (Å²) in [5.74, 6) is 2.98. The van der Waals surface area contributed by atoms with Gasteiger partial charge in [-0.25, -0.2) is 9.18 Å². The molecule has 9 heteroatoms. The average Bonchev–Trinajstić information content (AvgIpc) is 2.78. The number of aryl methyl sites for hydroxylation is 1. The van der Waals surface area contributed by atoms with Gasteiger partial charge in [-0.3, -0.25) is 4.99 Å². The number of hydrogen-bond acceptors (Lipinski definition) is 5. The lowest BCUT2D eigenvalue weighted by atomic mass is 10.0. The fourth-order valence-electron chi connectivity index (χ4n) is 3.15. The van der Waals surface area contributed by atoms with Gasteiger partial charge in [-0.2, -0.15) is 0 Å². The molecule has 2 aromatic carbocycles. The van der Waals surface area contributed by atoms with E-state index < -0.39 is 25.8 Å². The molecule has 0 aromatic heterocycles. The SMILES string of the molecule is CCc1cc(O[Si](C)(C)C(C)(C)C)c(F)c(/C([C]SC)=N\c2ccc(Br)c(CNC(=O)OC(C)(C)C)c2)c1. The van der Waals surface area contributed by atoms with Crippen LogP contribution in [0.3, 0.4) is 0 Å². The van der Waals surface area contributed by atoms with Crippen LogP contribution in [-0.2, 0) is 17.7 Å². The second-order valence-corrected chi connectivity index (χ2v) is 17.8. The highest BCUT2D eigenvalue weighted by Crippen LogP contribution is 2.39. The van der Waals surface area contributed by atoms with Gasteiger partial charge in [0, 0.05) is 16.6 Å². The van der Waals surface area contributed by atoms with Crippen LogP contribution >= 0.6 is 27.7 Å². The molecule has 0 heterocycles. The van der Waals surface area contributed by atoms with Crippen LogP contribution in [0.4, 0.5) is 14.9 Å². The molecule has 0 atom stereocenters. The van der Waals surface area contributed by atoms with Crippen LogP contribution in [0.5, 0.6) is 5.75 Å². The van der Waals surface area contributed by atoms with Crippen molar-refractivity contribution >= 4 is 53.5 Å². The van der Waals surface area contributed by atoms with E-state index in [0.717, 1.165) is 22.0 Å². The fraction of sp³-hybridized carbons (Fsp3) is 0.483. The molecule has 38 heavy (non-hydrogen) atoms. The lowest BCUT2D eigenvalue weighted by molar-refractivity contribution is 0.0523. The Morgan fingerprint density at radius 1 is 1.16 bits per heavy atom. The normalized spacial score (nSPS) is 12.9. The second-order valence-electron chi connectivity index (χ2n) is 11.6. The molecule has 0 unspecified atom stereocenters. The molecule has 0 aliphatic rings. The predicted octanol–water partition coefficient (Wildman–Crippen LogP) is 9.08. The Kier molecular flexibility index (Phi) is 11.1. The van der Waals surface area contributed by atoms with Crippen molar-refractivity contribution in [2.24, 2.45) is 4.99 Å². The first-order chi connectivity index (χ1) is 17.5. The Balaban J connectivity index is 2.49. The third-order valence-electron chi connectivity index (χ3n) is 6.22. The number of benzene rings is 2. The molecule has 0 saturated carbocycles. The van der Waals surface area contributed by atoms with Gasteiger partial charge >= 0.3 is 6.09 Å². The summed E-state index contributed by atoms with van der Waals surface area (Å²) in [4.78, 5) is 16.9. The topological polar surface area (TPSA) is 59.9 Å². The number of nitrogens with zero attached hydrogens (tertiary/aromatic N) is 1. The number of amides is 1. The van der Waals surface area contributed by atoms with E-state index >= 15 is 4.39 Å². The highest BCUT2D eigenvalue weighted by atomic mass is 79.9. The van der Waals surface area contributed by atoms with E-state index in [0.29, 0.717) is 17.0 Å². The summed E-state index contributed by atoms with van der Waals surface area (Å²) in [7, 11) is -2.27. The van der Waals surface area contributed by atoms with E-state index in [4.69, 9.17) is 14.2 Å². The van der Waals surface area contributed by atoms with Crippen molar-refractivity contribution in [3.05, 3.63) is 63.1 Å². The minimum atomic E-state index is -2.27. The third kappa shape index (κ3) is 9.12. The lowest BCUT2D eigenvalue weighted by Crippen LogP contribution is -2.44. The number of nitrogens with one attached hydrogen (secondary N) is 1. The van der Waals surface area contributed by atoms with Crippen LogP contribution in [0.2, 0.25) is 18.1 Å². The monoisotopic (exact) mass is 622 g/mol. The first-order valence-electron chi connectivity index (χ1n) is 12.6. The third-order valence-corrected chi connectivity index (χ3v) is 11.7.